The van der Waals surface area contributed by atoms with Crippen molar-refractivity contribution in [3.63, 3.8) is 0 Å². The van der Waals surface area contributed by atoms with Crippen molar-refractivity contribution >= 4 is 29.9 Å². The molecular formula is C15H23Cl2N3O. The highest BCUT2D eigenvalue weighted by atomic mass is 35.5. The summed E-state index contributed by atoms with van der Waals surface area (Å²) in [5.74, 6) is 0.188. The molecule has 1 N–H and O–H groups in total. The molecule has 0 radical (unpaired) electrons. The number of nitrogens with one attached hydrogen (secondary N) is 1. The van der Waals surface area contributed by atoms with Gasteiger partial charge in [0.25, 0.3) is 0 Å². The van der Waals surface area contributed by atoms with Gasteiger partial charge in [-0.1, -0.05) is 29.8 Å². The summed E-state index contributed by atoms with van der Waals surface area (Å²) in [6, 6.07) is 7.92. The molecule has 0 aliphatic carbocycles. The van der Waals surface area contributed by atoms with Crippen LogP contribution in [0.3, 0.4) is 0 Å². The average molecular weight is 332 g/mol. The second kappa shape index (κ2) is 8.59. The van der Waals surface area contributed by atoms with Crippen LogP contribution >= 0.6 is 24.0 Å². The van der Waals surface area contributed by atoms with Crippen LogP contribution in [0.5, 0.6) is 0 Å². The van der Waals surface area contributed by atoms with Crippen molar-refractivity contribution in [3.05, 3.63) is 34.9 Å². The van der Waals surface area contributed by atoms with Crippen molar-refractivity contribution in [2.45, 2.75) is 13.0 Å². The quantitative estimate of drug-likeness (QED) is 0.918. The van der Waals surface area contributed by atoms with Crippen molar-refractivity contribution in [1.29, 1.82) is 0 Å². The lowest BCUT2D eigenvalue weighted by Crippen LogP contribution is -2.49. The molecule has 1 fully saturated rings. The molecule has 21 heavy (non-hydrogen) atoms. The molecule has 6 heteroatoms. The summed E-state index contributed by atoms with van der Waals surface area (Å²) in [6.07, 6.45) is 0. The highest BCUT2D eigenvalue weighted by Crippen LogP contribution is 2.25. The zero-order valence-electron chi connectivity index (χ0n) is 12.5. The van der Waals surface area contributed by atoms with Crippen molar-refractivity contribution in [2.75, 3.05) is 39.8 Å². The summed E-state index contributed by atoms with van der Waals surface area (Å²) in [4.78, 5) is 16.2. The Morgan fingerprint density at radius 2 is 2.00 bits per heavy atom. The molecule has 1 heterocycles. The molecule has 0 aromatic heterocycles. The molecule has 1 aliphatic rings. The second-order valence-corrected chi connectivity index (χ2v) is 5.65. The van der Waals surface area contributed by atoms with Crippen LogP contribution in [0.2, 0.25) is 5.02 Å². The molecule has 1 aromatic carbocycles. The maximum Gasteiger partial charge on any atom is 0.236 e. The maximum atomic E-state index is 12.3. The number of carbonyl (C=O) groups excluding carboxylic acids is 1. The Kier molecular flexibility index (Phi) is 7.46. The van der Waals surface area contributed by atoms with E-state index in [2.05, 4.69) is 12.2 Å². The first-order valence-electron chi connectivity index (χ1n) is 7.02. The minimum Gasteiger partial charge on any atom is -0.339 e. The number of nitrogens with zero attached hydrogens (tertiary/aromatic N) is 2. The van der Waals surface area contributed by atoms with Gasteiger partial charge in [-0.2, -0.15) is 0 Å². The van der Waals surface area contributed by atoms with E-state index in [4.69, 9.17) is 11.6 Å². The summed E-state index contributed by atoms with van der Waals surface area (Å²) in [5.41, 5.74) is 1.06. The van der Waals surface area contributed by atoms with E-state index in [9.17, 15) is 4.79 Å². The van der Waals surface area contributed by atoms with E-state index in [1.54, 1.807) is 0 Å². The van der Waals surface area contributed by atoms with Crippen LogP contribution in [0.4, 0.5) is 0 Å². The van der Waals surface area contributed by atoms with Crippen LogP contribution < -0.4 is 5.32 Å². The zero-order valence-corrected chi connectivity index (χ0v) is 14.1. The van der Waals surface area contributed by atoms with Gasteiger partial charge in [0.05, 0.1) is 6.54 Å². The van der Waals surface area contributed by atoms with Crippen LogP contribution in [-0.4, -0.2) is 55.5 Å². The fraction of sp³-hybridized carbons (Fsp3) is 0.533. The SMILES string of the molecule is CC(c1ccccc1Cl)N(C)CC(=O)N1CCNCC1.Cl. The molecule has 0 bridgehead atoms. The average Bonchev–Trinajstić information content (AvgIpc) is 2.48. The number of amides is 1. The smallest absolute Gasteiger partial charge is 0.236 e. The third-order valence-electron chi connectivity index (χ3n) is 3.87. The lowest BCUT2D eigenvalue weighted by molar-refractivity contribution is -0.133. The molecule has 1 aliphatic heterocycles. The largest absolute Gasteiger partial charge is 0.339 e. The Balaban J connectivity index is 0.00000220. The predicted molar refractivity (Wildman–Crippen MR) is 89.2 cm³/mol. The number of carbonyl (C=O) groups is 1. The van der Waals surface area contributed by atoms with Crippen molar-refractivity contribution in [1.82, 2.24) is 15.1 Å². The molecule has 0 saturated carbocycles. The molecule has 118 valence electrons. The summed E-state index contributed by atoms with van der Waals surface area (Å²) in [7, 11) is 1.97. The van der Waals surface area contributed by atoms with Crippen LogP contribution in [0.25, 0.3) is 0 Å². The van der Waals surface area contributed by atoms with Crippen LogP contribution in [0.15, 0.2) is 24.3 Å². The third-order valence-corrected chi connectivity index (χ3v) is 4.22. The topological polar surface area (TPSA) is 35.6 Å². The van der Waals surface area contributed by atoms with Crippen LogP contribution in [-0.2, 0) is 4.79 Å². The van der Waals surface area contributed by atoms with E-state index < -0.39 is 0 Å². The maximum absolute atomic E-state index is 12.3. The summed E-state index contributed by atoms with van der Waals surface area (Å²) in [6.45, 7) is 5.87. The molecule has 1 amide bonds. The molecule has 1 atom stereocenters. The van der Waals surface area contributed by atoms with Gasteiger partial charge in [-0.25, -0.2) is 0 Å². The number of hydrogen-bond donors (Lipinski definition) is 1. The summed E-state index contributed by atoms with van der Waals surface area (Å²) in [5, 5.41) is 4.01. The van der Waals surface area contributed by atoms with E-state index in [1.807, 2.05) is 41.1 Å². The number of likely N-dealkylation sites (N-methyl/N-ethyl adjacent to an activating group) is 1. The van der Waals surface area contributed by atoms with Gasteiger partial charge < -0.3 is 10.2 Å². The fourth-order valence-electron chi connectivity index (χ4n) is 2.42. The summed E-state index contributed by atoms with van der Waals surface area (Å²) >= 11 is 6.22. The van der Waals surface area contributed by atoms with Gasteiger partial charge in [-0.3, -0.25) is 9.69 Å². The number of hydrogen-bond acceptors (Lipinski definition) is 3. The van der Waals surface area contributed by atoms with Gasteiger partial charge in [0.2, 0.25) is 5.91 Å². The monoisotopic (exact) mass is 331 g/mol. The highest BCUT2D eigenvalue weighted by molar-refractivity contribution is 6.31. The first kappa shape index (κ1) is 18.2. The lowest BCUT2D eigenvalue weighted by atomic mass is 10.1. The third kappa shape index (κ3) is 4.85. The number of piperazine rings is 1. The van der Waals surface area contributed by atoms with Gasteiger partial charge in [-0.15, -0.1) is 12.4 Å². The molecule has 0 spiro atoms. The fourth-order valence-corrected chi connectivity index (χ4v) is 2.71. The Bertz CT molecular complexity index is 464. The van der Waals surface area contributed by atoms with Gasteiger partial charge in [0.1, 0.15) is 0 Å². The predicted octanol–water partition coefficient (Wildman–Crippen LogP) is 2.19. The standard InChI is InChI=1S/C15H22ClN3O.ClH/c1-12(13-5-3-4-6-14(13)16)18(2)11-15(20)19-9-7-17-8-10-19;/h3-6,12,17H,7-11H2,1-2H3;1H. The van der Waals surface area contributed by atoms with Crippen molar-refractivity contribution < 1.29 is 4.79 Å². The van der Waals surface area contributed by atoms with E-state index in [0.717, 1.165) is 36.8 Å². The van der Waals surface area contributed by atoms with Gasteiger partial charge in [-0.05, 0) is 25.6 Å². The number of rotatable bonds is 4. The van der Waals surface area contributed by atoms with Crippen molar-refractivity contribution in [3.8, 4) is 0 Å². The minimum atomic E-state index is 0. The molecule has 1 aromatic rings. The Hall–Kier alpha value is -0.810. The van der Waals surface area contributed by atoms with E-state index in [1.165, 1.54) is 0 Å². The van der Waals surface area contributed by atoms with E-state index in [-0.39, 0.29) is 24.4 Å². The molecule has 1 saturated heterocycles. The molecule has 4 nitrogen and oxygen atoms in total. The van der Waals surface area contributed by atoms with Gasteiger partial charge in [0, 0.05) is 37.2 Å². The Labute approximate surface area is 137 Å². The zero-order chi connectivity index (χ0) is 14.5. The van der Waals surface area contributed by atoms with Gasteiger partial charge >= 0.3 is 0 Å². The Morgan fingerprint density at radius 1 is 1.38 bits per heavy atom. The number of benzene rings is 1. The van der Waals surface area contributed by atoms with Crippen LogP contribution in [0.1, 0.15) is 18.5 Å². The minimum absolute atomic E-state index is 0. The van der Waals surface area contributed by atoms with Crippen molar-refractivity contribution in [2.24, 2.45) is 0 Å². The van der Waals surface area contributed by atoms with E-state index >= 15 is 0 Å². The molecular weight excluding hydrogens is 309 g/mol. The Morgan fingerprint density at radius 3 is 2.62 bits per heavy atom. The molecule has 2 rings (SSSR count). The highest BCUT2D eigenvalue weighted by Gasteiger charge is 2.21. The second-order valence-electron chi connectivity index (χ2n) is 5.24. The number of halogens is 2. The lowest BCUT2D eigenvalue weighted by Gasteiger charge is -2.31. The first-order chi connectivity index (χ1) is 9.59. The molecule has 1 unspecified atom stereocenters. The van der Waals surface area contributed by atoms with E-state index in [0.29, 0.717) is 6.54 Å². The first-order valence-corrected chi connectivity index (χ1v) is 7.40. The summed E-state index contributed by atoms with van der Waals surface area (Å²) < 4.78 is 0. The van der Waals surface area contributed by atoms with Gasteiger partial charge in [0.15, 0.2) is 0 Å². The van der Waals surface area contributed by atoms with Crippen LogP contribution in [0, 0.1) is 0 Å². The normalized spacial score (nSPS) is 16.5.